The Morgan fingerprint density at radius 3 is 3.25 bits per heavy atom. The topological polar surface area (TPSA) is 60.2 Å². The molecule has 2 aromatic rings. The molecular weight excluding hydrogens is 226 g/mol. The summed E-state index contributed by atoms with van der Waals surface area (Å²) in [5.41, 5.74) is 0. The molecule has 0 bridgehead atoms. The molecule has 2 heterocycles. The van der Waals surface area contributed by atoms with Crippen molar-refractivity contribution in [3.63, 3.8) is 0 Å². The molecule has 0 saturated carbocycles. The van der Waals surface area contributed by atoms with Gasteiger partial charge in [0.1, 0.15) is 0 Å². The van der Waals surface area contributed by atoms with Crippen LogP contribution in [-0.2, 0) is 11.3 Å². The number of hydrogen-bond acceptors (Lipinski definition) is 6. The molecule has 2 aromatic heterocycles. The molecule has 0 unspecified atom stereocenters. The number of nitrogens with zero attached hydrogens (tertiary/aromatic N) is 2. The minimum absolute atomic E-state index is 0.571. The van der Waals surface area contributed by atoms with Crippen LogP contribution in [0.4, 0.5) is 0 Å². The SMILES string of the molecule is COCCNCc1nc(-c2cccs2)no1. The highest BCUT2D eigenvalue weighted by Gasteiger charge is 2.08. The van der Waals surface area contributed by atoms with E-state index in [1.807, 2.05) is 17.5 Å². The Morgan fingerprint density at radius 1 is 1.56 bits per heavy atom. The average molecular weight is 239 g/mol. The molecule has 5 nitrogen and oxygen atoms in total. The summed E-state index contributed by atoms with van der Waals surface area (Å²) in [7, 11) is 1.67. The first-order valence-corrected chi connectivity index (χ1v) is 5.84. The van der Waals surface area contributed by atoms with Crippen molar-refractivity contribution in [1.82, 2.24) is 15.5 Å². The van der Waals surface area contributed by atoms with E-state index in [2.05, 4.69) is 15.5 Å². The van der Waals surface area contributed by atoms with E-state index in [9.17, 15) is 0 Å². The van der Waals surface area contributed by atoms with Crippen molar-refractivity contribution in [1.29, 1.82) is 0 Å². The van der Waals surface area contributed by atoms with Gasteiger partial charge in [0.15, 0.2) is 0 Å². The first kappa shape index (κ1) is 11.3. The van der Waals surface area contributed by atoms with Crippen molar-refractivity contribution in [3.8, 4) is 10.7 Å². The Labute approximate surface area is 97.4 Å². The Bertz CT molecular complexity index is 413. The molecule has 2 rings (SSSR count). The highest BCUT2D eigenvalue weighted by molar-refractivity contribution is 7.13. The lowest BCUT2D eigenvalue weighted by atomic mass is 10.4. The Hall–Kier alpha value is -1.24. The van der Waals surface area contributed by atoms with E-state index < -0.39 is 0 Å². The molecule has 0 aromatic carbocycles. The van der Waals surface area contributed by atoms with Crippen LogP contribution in [0.15, 0.2) is 22.0 Å². The summed E-state index contributed by atoms with van der Waals surface area (Å²) in [5.74, 6) is 1.25. The van der Waals surface area contributed by atoms with Crippen molar-refractivity contribution in [2.45, 2.75) is 6.54 Å². The van der Waals surface area contributed by atoms with Gasteiger partial charge in [-0.25, -0.2) is 0 Å². The molecule has 86 valence electrons. The molecule has 1 N–H and O–H groups in total. The lowest BCUT2D eigenvalue weighted by Crippen LogP contribution is -2.18. The van der Waals surface area contributed by atoms with E-state index in [0.717, 1.165) is 11.4 Å². The van der Waals surface area contributed by atoms with E-state index in [4.69, 9.17) is 9.26 Å². The van der Waals surface area contributed by atoms with Gasteiger partial charge >= 0.3 is 0 Å². The van der Waals surface area contributed by atoms with Crippen molar-refractivity contribution < 1.29 is 9.26 Å². The maximum atomic E-state index is 5.11. The maximum Gasteiger partial charge on any atom is 0.240 e. The highest BCUT2D eigenvalue weighted by Crippen LogP contribution is 2.20. The number of hydrogen-bond donors (Lipinski definition) is 1. The van der Waals surface area contributed by atoms with Gasteiger partial charge in [-0.1, -0.05) is 11.2 Å². The quantitative estimate of drug-likeness (QED) is 0.775. The second-order valence-corrected chi connectivity index (χ2v) is 4.11. The van der Waals surface area contributed by atoms with Gasteiger partial charge in [-0.2, -0.15) is 4.98 Å². The first-order valence-electron chi connectivity index (χ1n) is 4.96. The number of aromatic nitrogens is 2. The fourth-order valence-corrected chi connectivity index (χ4v) is 1.85. The van der Waals surface area contributed by atoms with Gasteiger partial charge in [-0.3, -0.25) is 0 Å². The molecule has 0 amide bonds. The Balaban J connectivity index is 1.88. The number of rotatable bonds is 6. The molecule has 0 saturated heterocycles. The molecule has 0 aliphatic carbocycles. The fraction of sp³-hybridized carbons (Fsp3) is 0.400. The second-order valence-electron chi connectivity index (χ2n) is 3.16. The predicted molar refractivity (Wildman–Crippen MR) is 61.2 cm³/mol. The average Bonchev–Trinajstić information content (AvgIpc) is 2.94. The van der Waals surface area contributed by atoms with Crippen LogP contribution in [0.5, 0.6) is 0 Å². The summed E-state index contributed by atoms with van der Waals surface area (Å²) in [6.45, 7) is 2.01. The lowest BCUT2D eigenvalue weighted by Gasteiger charge is -1.98. The van der Waals surface area contributed by atoms with Gasteiger partial charge in [0, 0.05) is 13.7 Å². The van der Waals surface area contributed by atoms with Crippen LogP contribution < -0.4 is 5.32 Å². The van der Waals surface area contributed by atoms with Crippen molar-refractivity contribution in [2.75, 3.05) is 20.3 Å². The predicted octanol–water partition coefficient (Wildman–Crippen LogP) is 1.53. The summed E-state index contributed by atoms with van der Waals surface area (Å²) < 4.78 is 10.0. The lowest BCUT2D eigenvalue weighted by molar-refractivity contribution is 0.197. The van der Waals surface area contributed by atoms with Gasteiger partial charge in [0.2, 0.25) is 11.7 Å². The van der Waals surface area contributed by atoms with Crippen molar-refractivity contribution in [2.24, 2.45) is 0 Å². The third-order valence-corrected chi connectivity index (χ3v) is 2.83. The highest BCUT2D eigenvalue weighted by atomic mass is 32.1. The van der Waals surface area contributed by atoms with Gasteiger partial charge in [-0.05, 0) is 11.4 Å². The monoisotopic (exact) mass is 239 g/mol. The summed E-state index contributed by atoms with van der Waals surface area (Å²) in [5, 5.41) is 9.04. The van der Waals surface area contributed by atoms with Gasteiger partial charge < -0.3 is 14.6 Å². The molecule has 16 heavy (non-hydrogen) atoms. The van der Waals surface area contributed by atoms with Crippen LogP contribution in [0.2, 0.25) is 0 Å². The smallest absolute Gasteiger partial charge is 0.240 e. The molecule has 0 aliphatic heterocycles. The zero-order chi connectivity index (χ0) is 11.2. The second kappa shape index (κ2) is 5.74. The number of thiophene rings is 1. The standard InChI is InChI=1S/C10H13N3O2S/c1-14-5-4-11-7-9-12-10(13-15-9)8-3-2-6-16-8/h2-3,6,11H,4-5,7H2,1H3. The zero-order valence-electron chi connectivity index (χ0n) is 8.97. The fourth-order valence-electron chi connectivity index (χ4n) is 1.20. The van der Waals surface area contributed by atoms with E-state index in [1.54, 1.807) is 18.4 Å². The Morgan fingerprint density at radius 2 is 2.50 bits per heavy atom. The Kier molecular flexibility index (Phi) is 4.03. The normalized spacial score (nSPS) is 10.8. The minimum Gasteiger partial charge on any atom is -0.383 e. The van der Waals surface area contributed by atoms with Crippen molar-refractivity contribution >= 4 is 11.3 Å². The molecule has 0 spiro atoms. The first-order chi connectivity index (χ1) is 7.90. The summed E-state index contributed by atoms with van der Waals surface area (Å²) in [6, 6.07) is 3.94. The summed E-state index contributed by atoms with van der Waals surface area (Å²) in [6.07, 6.45) is 0. The minimum atomic E-state index is 0.571. The van der Waals surface area contributed by atoms with Crippen molar-refractivity contribution in [3.05, 3.63) is 23.4 Å². The van der Waals surface area contributed by atoms with Gasteiger partial charge in [-0.15, -0.1) is 11.3 Å². The number of ether oxygens (including phenoxy) is 1. The third kappa shape index (κ3) is 2.88. The third-order valence-electron chi connectivity index (χ3n) is 1.97. The van der Waals surface area contributed by atoms with Crippen LogP contribution in [0.1, 0.15) is 5.89 Å². The van der Waals surface area contributed by atoms with Gasteiger partial charge in [0.25, 0.3) is 0 Å². The number of methoxy groups -OCH3 is 1. The molecular formula is C10H13N3O2S. The molecule has 0 radical (unpaired) electrons. The van der Waals surface area contributed by atoms with E-state index in [-0.39, 0.29) is 0 Å². The summed E-state index contributed by atoms with van der Waals surface area (Å²) in [4.78, 5) is 5.30. The van der Waals surface area contributed by atoms with Crippen LogP contribution >= 0.6 is 11.3 Å². The van der Waals surface area contributed by atoms with Crippen LogP contribution in [0.25, 0.3) is 10.7 Å². The van der Waals surface area contributed by atoms with E-state index in [0.29, 0.717) is 24.9 Å². The van der Waals surface area contributed by atoms with Crippen LogP contribution in [-0.4, -0.2) is 30.4 Å². The molecule has 0 atom stereocenters. The summed E-state index contributed by atoms with van der Waals surface area (Å²) >= 11 is 1.60. The van der Waals surface area contributed by atoms with E-state index in [1.165, 1.54) is 0 Å². The van der Waals surface area contributed by atoms with Crippen LogP contribution in [0.3, 0.4) is 0 Å². The largest absolute Gasteiger partial charge is 0.383 e. The molecule has 6 heteroatoms. The zero-order valence-corrected chi connectivity index (χ0v) is 9.79. The molecule has 0 aliphatic rings. The van der Waals surface area contributed by atoms with E-state index >= 15 is 0 Å². The van der Waals surface area contributed by atoms with Crippen LogP contribution in [0, 0.1) is 0 Å². The van der Waals surface area contributed by atoms with Gasteiger partial charge in [0.05, 0.1) is 18.0 Å². The number of nitrogens with one attached hydrogen (secondary N) is 1. The maximum absolute atomic E-state index is 5.11. The molecule has 0 fully saturated rings.